The predicted octanol–water partition coefficient (Wildman–Crippen LogP) is 4.55. The van der Waals surface area contributed by atoms with Crippen molar-refractivity contribution in [2.75, 3.05) is 7.05 Å². The van der Waals surface area contributed by atoms with Crippen molar-refractivity contribution < 1.29 is 0 Å². The molecule has 5 nitrogen and oxygen atoms in total. The molecule has 1 aromatic heterocycles. The Morgan fingerprint density at radius 2 is 1.55 bits per heavy atom. The van der Waals surface area contributed by atoms with Gasteiger partial charge in [0.15, 0.2) is 0 Å². The zero-order valence-corrected chi connectivity index (χ0v) is 16.8. The Morgan fingerprint density at radius 1 is 0.862 bits per heavy atom. The van der Waals surface area contributed by atoms with Crippen LogP contribution in [0.2, 0.25) is 0 Å². The van der Waals surface area contributed by atoms with Gasteiger partial charge in [0.2, 0.25) is 0 Å². The van der Waals surface area contributed by atoms with Crippen LogP contribution in [0.3, 0.4) is 0 Å². The van der Waals surface area contributed by atoms with Gasteiger partial charge >= 0.3 is 0 Å². The number of aromatic nitrogens is 3. The second kappa shape index (κ2) is 6.55. The molecule has 5 rings (SSSR count). The molecule has 0 spiro atoms. The first-order valence-corrected chi connectivity index (χ1v) is 9.84. The lowest BCUT2D eigenvalue weighted by molar-refractivity contribution is 0.184. The monoisotopic (exact) mass is 381 g/mol. The van der Waals surface area contributed by atoms with Crippen LogP contribution in [0.1, 0.15) is 29.7 Å². The Kier molecular flexibility index (Phi) is 3.98. The van der Waals surface area contributed by atoms with Gasteiger partial charge in [0.05, 0.1) is 11.2 Å². The van der Waals surface area contributed by atoms with Crippen LogP contribution in [0.5, 0.6) is 0 Å². The summed E-state index contributed by atoms with van der Waals surface area (Å²) < 4.78 is 2.04. The Hall–Kier alpha value is -3.47. The summed E-state index contributed by atoms with van der Waals surface area (Å²) >= 11 is 0. The molecule has 2 unspecified atom stereocenters. The van der Waals surface area contributed by atoms with Gasteiger partial charge in [-0.05, 0) is 31.5 Å². The van der Waals surface area contributed by atoms with Crippen LogP contribution in [0.15, 0.2) is 84.0 Å². The van der Waals surface area contributed by atoms with Crippen molar-refractivity contribution in [3.63, 3.8) is 0 Å². The highest BCUT2D eigenvalue weighted by Gasteiger charge is 2.50. The number of rotatable bonds is 3. The quantitative estimate of drug-likeness (QED) is 0.523. The van der Waals surface area contributed by atoms with Gasteiger partial charge < -0.3 is 0 Å². The zero-order valence-electron chi connectivity index (χ0n) is 16.8. The van der Waals surface area contributed by atoms with Crippen LogP contribution in [0.4, 0.5) is 0 Å². The fourth-order valence-electron chi connectivity index (χ4n) is 4.47. The molecule has 29 heavy (non-hydrogen) atoms. The fraction of sp³-hybridized carbons (Fsp3) is 0.208. The summed E-state index contributed by atoms with van der Waals surface area (Å²) in [5.41, 5.74) is 5.89. The molecule has 0 aliphatic carbocycles. The lowest BCUT2D eigenvalue weighted by atomic mass is 9.81. The van der Waals surface area contributed by atoms with Crippen molar-refractivity contribution >= 4 is 16.7 Å². The van der Waals surface area contributed by atoms with E-state index in [2.05, 4.69) is 83.8 Å². The molecule has 5 heteroatoms. The number of hydrogen-bond acceptors (Lipinski definition) is 4. The van der Waals surface area contributed by atoms with E-state index in [1.807, 2.05) is 36.0 Å². The molecule has 0 bridgehead atoms. The number of benzene rings is 3. The maximum atomic E-state index is 5.02. The molecule has 0 saturated heterocycles. The van der Waals surface area contributed by atoms with E-state index < -0.39 is 5.54 Å². The van der Waals surface area contributed by atoms with Crippen molar-refractivity contribution in [3.05, 3.63) is 95.6 Å². The van der Waals surface area contributed by atoms with Gasteiger partial charge in [0, 0.05) is 12.6 Å². The molecule has 2 atom stereocenters. The lowest BCUT2D eigenvalue weighted by Crippen LogP contribution is -2.44. The van der Waals surface area contributed by atoms with Gasteiger partial charge in [-0.3, -0.25) is 5.01 Å². The number of para-hydroxylation sites is 1. The molecule has 1 aliphatic heterocycles. The molecule has 3 aromatic carbocycles. The second-order valence-electron chi connectivity index (χ2n) is 7.84. The van der Waals surface area contributed by atoms with Crippen molar-refractivity contribution in [1.29, 1.82) is 0 Å². The van der Waals surface area contributed by atoms with Gasteiger partial charge in [0.1, 0.15) is 17.1 Å². The Labute approximate surface area is 170 Å². The summed E-state index contributed by atoms with van der Waals surface area (Å²) in [6.45, 7) is 4.33. The molecule has 0 fully saturated rings. The van der Waals surface area contributed by atoms with Crippen molar-refractivity contribution in [2.24, 2.45) is 5.10 Å². The van der Waals surface area contributed by atoms with E-state index in [0.717, 1.165) is 22.3 Å². The summed E-state index contributed by atoms with van der Waals surface area (Å²) in [7, 11) is 2.04. The highest BCUT2D eigenvalue weighted by atomic mass is 15.6. The third kappa shape index (κ3) is 2.65. The van der Waals surface area contributed by atoms with E-state index in [4.69, 9.17) is 5.10 Å². The number of likely N-dealkylation sites (N-methyl/N-ethyl adjacent to an activating group) is 1. The molecule has 0 N–H and O–H groups in total. The number of aryl methyl sites for hydroxylation is 1. The lowest BCUT2D eigenvalue weighted by Gasteiger charge is -2.35. The standard InChI is InChI=1S/C24H23N5/c1-17-13-15-19(16-14-17)23-24(2,29-21-12-8-7-11-20(21)25-27-29)22(26-28(23)3)18-9-5-4-6-10-18/h4-16,23H,1-3H3. The Morgan fingerprint density at radius 3 is 2.31 bits per heavy atom. The topological polar surface area (TPSA) is 46.3 Å². The molecule has 0 amide bonds. The van der Waals surface area contributed by atoms with E-state index in [9.17, 15) is 0 Å². The first-order chi connectivity index (χ1) is 14.1. The van der Waals surface area contributed by atoms with Gasteiger partial charge in [-0.2, -0.15) is 5.10 Å². The minimum atomic E-state index is -0.526. The third-order valence-corrected chi connectivity index (χ3v) is 5.88. The fourth-order valence-corrected chi connectivity index (χ4v) is 4.47. The largest absolute Gasteiger partial charge is 0.289 e. The summed E-state index contributed by atoms with van der Waals surface area (Å²) in [6, 6.07) is 27.2. The van der Waals surface area contributed by atoms with E-state index in [1.54, 1.807) is 0 Å². The third-order valence-electron chi connectivity index (χ3n) is 5.88. The number of hydrogen-bond donors (Lipinski definition) is 0. The maximum Gasteiger partial charge on any atom is 0.132 e. The summed E-state index contributed by atoms with van der Waals surface area (Å²) in [5.74, 6) is 0. The zero-order chi connectivity index (χ0) is 20.0. The van der Waals surface area contributed by atoms with Crippen LogP contribution in [0.25, 0.3) is 11.0 Å². The minimum absolute atomic E-state index is 0.0107. The van der Waals surface area contributed by atoms with E-state index >= 15 is 0 Å². The van der Waals surface area contributed by atoms with Gasteiger partial charge in [-0.25, -0.2) is 4.68 Å². The van der Waals surface area contributed by atoms with Gasteiger partial charge in [-0.15, -0.1) is 5.10 Å². The molecular weight excluding hydrogens is 358 g/mol. The average Bonchev–Trinajstić information content (AvgIpc) is 3.29. The van der Waals surface area contributed by atoms with Gasteiger partial charge in [0.25, 0.3) is 0 Å². The molecule has 4 aromatic rings. The van der Waals surface area contributed by atoms with Gasteiger partial charge in [-0.1, -0.05) is 77.5 Å². The normalized spacial score (nSPS) is 21.6. The van der Waals surface area contributed by atoms with Crippen LogP contribution in [-0.4, -0.2) is 32.8 Å². The predicted molar refractivity (Wildman–Crippen MR) is 116 cm³/mol. The van der Waals surface area contributed by atoms with Crippen LogP contribution in [-0.2, 0) is 5.54 Å². The highest BCUT2D eigenvalue weighted by Crippen LogP contribution is 2.45. The number of hydrazone groups is 1. The van der Waals surface area contributed by atoms with Crippen molar-refractivity contribution in [1.82, 2.24) is 20.0 Å². The summed E-state index contributed by atoms with van der Waals surface area (Å²) in [5, 5.41) is 16.1. The molecule has 144 valence electrons. The Bertz CT molecular complexity index is 1190. The average molecular weight is 381 g/mol. The molecular formula is C24H23N5. The number of nitrogens with zero attached hydrogens (tertiary/aromatic N) is 5. The minimum Gasteiger partial charge on any atom is -0.289 e. The smallest absolute Gasteiger partial charge is 0.132 e. The molecule has 1 aliphatic rings. The van der Waals surface area contributed by atoms with E-state index in [-0.39, 0.29) is 6.04 Å². The van der Waals surface area contributed by atoms with E-state index in [1.165, 1.54) is 11.1 Å². The molecule has 0 saturated carbocycles. The maximum absolute atomic E-state index is 5.02. The summed E-state index contributed by atoms with van der Waals surface area (Å²) in [6.07, 6.45) is 0. The summed E-state index contributed by atoms with van der Waals surface area (Å²) in [4.78, 5) is 0. The van der Waals surface area contributed by atoms with Crippen LogP contribution < -0.4 is 0 Å². The first kappa shape index (κ1) is 17.6. The SMILES string of the molecule is Cc1ccc(C2N(C)N=C(c3ccccc3)C2(C)n2nnc3ccccc32)cc1. The van der Waals surface area contributed by atoms with Crippen molar-refractivity contribution in [3.8, 4) is 0 Å². The first-order valence-electron chi connectivity index (χ1n) is 9.84. The van der Waals surface area contributed by atoms with Crippen LogP contribution >= 0.6 is 0 Å². The van der Waals surface area contributed by atoms with Crippen molar-refractivity contribution in [2.45, 2.75) is 25.4 Å². The highest BCUT2D eigenvalue weighted by molar-refractivity contribution is 6.07. The Balaban J connectivity index is 1.77. The second-order valence-corrected chi connectivity index (χ2v) is 7.84. The van der Waals surface area contributed by atoms with E-state index in [0.29, 0.717) is 0 Å². The van der Waals surface area contributed by atoms with Crippen LogP contribution in [0, 0.1) is 6.92 Å². The molecule has 0 radical (unpaired) electrons. The number of fused-ring (bicyclic) bond motifs is 1. The molecule has 2 heterocycles.